The van der Waals surface area contributed by atoms with E-state index in [1.54, 1.807) is 24.3 Å². The maximum absolute atomic E-state index is 12.1. The van der Waals surface area contributed by atoms with Gasteiger partial charge in [-0.2, -0.15) is 0 Å². The number of carbonyl (C=O) groups excluding carboxylic acids is 1. The minimum absolute atomic E-state index is 0.188. The molecule has 0 aliphatic carbocycles. The number of benzene rings is 1. The second-order valence-electron chi connectivity index (χ2n) is 4.28. The van der Waals surface area contributed by atoms with Crippen LogP contribution in [0.5, 0.6) is 0 Å². The van der Waals surface area contributed by atoms with Gasteiger partial charge in [-0.3, -0.25) is 9.78 Å². The van der Waals surface area contributed by atoms with Crippen LogP contribution in [0.4, 0.5) is 11.4 Å². The van der Waals surface area contributed by atoms with Crippen molar-refractivity contribution in [3.05, 3.63) is 51.8 Å². The average Bonchev–Trinajstić information content (AvgIpc) is 2.33. The van der Waals surface area contributed by atoms with Crippen molar-refractivity contribution in [2.75, 3.05) is 11.1 Å². The molecule has 0 fully saturated rings. The Hall–Kier alpha value is -1.88. The first-order valence-corrected chi connectivity index (χ1v) is 6.57. The van der Waals surface area contributed by atoms with Gasteiger partial charge in [-0.1, -0.05) is 0 Å². The summed E-state index contributed by atoms with van der Waals surface area (Å²) >= 11 is 3.31. The first-order valence-electron chi connectivity index (χ1n) is 5.78. The largest absolute Gasteiger partial charge is 0.398 e. The number of carbonyl (C=O) groups is 1. The molecular weight excluding hydrogens is 306 g/mol. The van der Waals surface area contributed by atoms with Crippen LogP contribution < -0.4 is 11.1 Å². The summed E-state index contributed by atoms with van der Waals surface area (Å²) in [6.07, 6.45) is 0. The standard InChI is InChI=1S/C14H14BrN3O/c1-8-3-5-11(9(2)17-8)14(19)18-10-4-6-12(15)13(16)7-10/h3-7H,16H2,1-2H3,(H,18,19). The van der Waals surface area contributed by atoms with Gasteiger partial charge < -0.3 is 11.1 Å². The molecule has 0 spiro atoms. The highest BCUT2D eigenvalue weighted by atomic mass is 79.9. The van der Waals surface area contributed by atoms with Crippen molar-refractivity contribution in [1.29, 1.82) is 0 Å². The number of pyridine rings is 1. The van der Waals surface area contributed by atoms with Crippen LogP contribution in [0.25, 0.3) is 0 Å². The highest BCUT2D eigenvalue weighted by molar-refractivity contribution is 9.10. The van der Waals surface area contributed by atoms with Crippen LogP contribution >= 0.6 is 15.9 Å². The molecule has 1 aromatic heterocycles. The van der Waals surface area contributed by atoms with Crippen LogP contribution in [0.3, 0.4) is 0 Å². The van der Waals surface area contributed by atoms with Gasteiger partial charge in [0.1, 0.15) is 0 Å². The third-order valence-corrected chi connectivity index (χ3v) is 3.45. The molecule has 4 nitrogen and oxygen atoms in total. The normalized spacial score (nSPS) is 10.3. The molecule has 0 saturated carbocycles. The van der Waals surface area contributed by atoms with Gasteiger partial charge in [-0.25, -0.2) is 0 Å². The SMILES string of the molecule is Cc1ccc(C(=O)Nc2ccc(Br)c(N)c2)c(C)n1. The van der Waals surface area contributed by atoms with Crippen molar-refractivity contribution in [2.45, 2.75) is 13.8 Å². The number of nitrogen functional groups attached to an aromatic ring is 1. The van der Waals surface area contributed by atoms with Crippen molar-refractivity contribution in [1.82, 2.24) is 4.98 Å². The zero-order valence-corrected chi connectivity index (χ0v) is 12.3. The monoisotopic (exact) mass is 319 g/mol. The smallest absolute Gasteiger partial charge is 0.257 e. The molecular formula is C14H14BrN3O. The molecule has 0 aliphatic heterocycles. The number of halogens is 1. The first kappa shape index (κ1) is 13.5. The molecule has 0 unspecified atom stereocenters. The van der Waals surface area contributed by atoms with Crippen LogP contribution in [-0.2, 0) is 0 Å². The molecule has 0 saturated heterocycles. The predicted octanol–water partition coefficient (Wildman–Crippen LogP) is 3.30. The summed E-state index contributed by atoms with van der Waals surface area (Å²) in [6, 6.07) is 8.88. The van der Waals surface area contributed by atoms with E-state index in [9.17, 15) is 4.79 Å². The summed E-state index contributed by atoms with van der Waals surface area (Å²) in [5.74, 6) is -0.188. The van der Waals surface area contributed by atoms with Crippen molar-refractivity contribution < 1.29 is 4.79 Å². The maximum Gasteiger partial charge on any atom is 0.257 e. The van der Waals surface area contributed by atoms with Gasteiger partial charge in [0.15, 0.2) is 0 Å². The lowest BCUT2D eigenvalue weighted by molar-refractivity contribution is 0.102. The highest BCUT2D eigenvalue weighted by Crippen LogP contribution is 2.23. The molecule has 19 heavy (non-hydrogen) atoms. The number of nitrogens with two attached hydrogens (primary N) is 1. The fraction of sp³-hybridized carbons (Fsp3) is 0.143. The Kier molecular flexibility index (Phi) is 3.85. The predicted molar refractivity (Wildman–Crippen MR) is 80.2 cm³/mol. The summed E-state index contributed by atoms with van der Waals surface area (Å²) in [6.45, 7) is 3.71. The van der Waals surface area contributed by atoms with Gasteiger partial charge in [0, 0.05) is 21.5 Å². The zero-order valence-electron chi connectivity index (χ0n) is 10.7. The lowest BCUT2D eigenvalue weighted by Crippen LogP contribution is -2.14. The van der Waals surface area contributed by atoms with Crippen LogP contribution in [-0.4, -0.2) is 10.9 Å². The molecule has 1 aromatic carbocycles. The van der Waals surface area contributed by atoms with E-state index in [1.165, 1.54) is 0 Å². The molecule has 0 aliphatic rings. The zero-order chi connectivity index (χ0) is 14.0. The Labute approximate surface area is 120 Å². The van der Waals surface area contributed by atoms with Gasteiger partial charge in [0.2, 0.25) is 0 Å². The average molecular weight is 320 g/mol. The number of aryl methyl sites for hydroxylation is 2. The van der Waals surface area contributed by atoms with E-state index in [-0.39, 0.29) is 5.91 Å². The number of nitrogens with zero attached hydrogens (tertiary/aromatic N) is 1. The number of anilines is 2. The molecule has 1 amide bonds. The van der Waals surface area contributed by atoms with Crippen molar-refractivity contribution in [2.24, 2.45) is 0 Å². The number of hydrogen-bond donors (Lipinski definition) is 2. The van der Waals surface area contributed by atoms with Crippen LogP contribution in [0.1, 0.15) is 21.7 Å². The molecule has 3 N–H and O–H groups in total. The molecule has 1 heterocycles. The summed E-state index contributed by atoms with van der Waals surface area (Å²) in [4.78, 5) is 16.4. The van der Waals surface area contributed by atoms with Crippen molar-refractivity contribution in [3.8, 4) is 0 Å². The van der Waals surface area contributed by atoms with E-state index in [0.29, 0.717) is 22.6 Å². The van der Waals surface area contributed by atoms with E-state index >= 15 is 0 Å². The third-order valence-electron chi connectivity index (χ3n) is 2.72. The van der Waals surface area contributed by atoms with E-state index in [2.05, 4.69) is 26.2 Å². The van der Waals surface area contributed by atoms with Crippen molar-refractivity contribution >= 4 is 33.2 Å². The quantitative estimate of drug-likeness (QED) is 0.834. The van der Waals surface area contributed by atoms with Crippen LogP contribution in [0.2, 0.25) is 0 Å². The fourth-order valence-electron chi connectivity index (χ4n) is 1.75. The van der Waals surface area contributed by atoms with Gasteiger partial charge >= 0.3 is 0 Å². The van der Waals surface area contributed by atoms with E-state index in [0.717, 1.165) is 10.2 Å². The minimum Gasteiger partial charge on any atom is -0.398 e. The molecule has 0 bridgehead atoms. The van der Waals surface area contributed by atoms with E-state index in [1.807, 2.05) is 19.9 Å². The summed E-state index contributed by atoms with van der Waals surface area (Å²) in [5, 5.41) is 2.81. The summed E-state index contributed by atoms with van der Waals surface area (Å²) in [7, 11) is 0. The number of amides is 1. The number of aromatic nitrogens is 1. The topological polar surface area (TPSA) is 68.0 Å². The Morgan fingerprint density at radius 2 is 2.00 bits per heavy atom. The highest BCUT2D eigenvalue weighted by Gasteiger charge is 2.10. The lowest BCUT2D eigenvalue weighted by Gasteiger charge is -2.09. The van der Waals surface area contributed by atoms with Gasteiger partial charge in [-0.15, -0.1) is 0 Å². The number of nitrogens with one attached hydrogen (secondary N) is 1. The third kappa shape index (κ3) is 3.12. The Balaban J connectivity index is 2.23. The second kappa shape index (κ2) is 5.40. The fourth-order valence-corrected chi connectivity index (χ4v) is 1.99. The molecule has 2 rings (SSSR count). The van der Waals surface area contributed by atoms with E-state index < -0.39 is 0 Å². The summed E-state index contributed by atoms with van der Waals surface area (Å²) < 4.78 is 0.804. The molecule has 2 aromatic rings. The van der Waals surface area contributed by atoms with Crippen molar-refractivity contribution in [3.63, 3.8) is 0 Å². The minimum atomic E-state index is -0.188. The lowest BCUT2D eigenvalue weighted by atomic mass is 10.1. The van der Waals surface area contributed by atoms with Gasteiger partial charge in [0.05, 0.1) is 11.3 Å². The molecule has 98 valence electrons. The summed E-state index contributed by atoms with van der Waals surface area (Å²) in [5.41, 5.74) is 9.18. The second-order valence-corrected chi connectivity index (χ2v) is 5.13. The molecule has 5 heteroatoms. The molecule has 0 radical (unpaired) electrons. The van der Waals surface area contributed by atoms with Gasteiger partial charge in [-0.05, 0) is 60.1 Å². The van der Waals surface area contributed by atoms with Crippen LogP contribution in [0, 0.1) is 13.8 Å². The maximum atomic E-state index is 12.1. The van der Waals surface area contributed by atoms with E-state index in [4.69, 9.17) is 5.73 Å². The van der Waals surface area contributed by atoms with Gasteiger partial charge in [0.25, 0.3) is 5.91 Å². The Bertz CT molecular complexity index is 641. The number of rotatable bonds is 2. The molecule has 0 atom stereocenters. The Morgan fingerprint density at radius 1 is 1.26 bits per heavy atom. The Morgan fingerprint density at radius 3 is 2.63 bits per heavy atom. The first-order chi connectivity index (χ1) is 8.97. The van der Waals surface area contributed by atoms with Crippen LogP contribution in [0.15, 0.2) is 34.8 Å². The number of hydrogen-bond acceptors (Lipinski definition) is 3.